The molecule has 21 heavy (non-hydrogen) atoms. The zero-order valence-electron chi connectivity index (χ0n) is 12.4. The Morgan fingerprint density at radius 2 is 2.00 bits per heavy atom. The van der Waals surface area contributed by atoms with Gasteiger partial charge in [0.2, 0.25) is 0 Å². The first kappa shape index (κ1) is 16.1. The number of benzene rings is 1. The summed E-state index contributed by atoms with van der Waals surface area (Å²) in [6, 6.07) is 7.84. The van der Waals surface area contributed by atoms with E-state index in [1.807, 2.05) is 47.6 Å². The summed E-state index contributed by atoms with van der Waals surface area (Å²) >= 11 is 2.62. The molecule has 0 atom stereocenters. The molecule has 1 amide bonds. The Morgan fingerprint density at radius 3 is 2.71 bits per heavy atom. The first-order valence-electron chi connectivity index (χ1n) is 7.17. The first-order chi connectivity index (χ1) is 10.2. The summed E-state index contributed by atoms with van der Waals surface area (Å²) in [4.78, 5) is 25.7. The molecule has 2 rings (SSSR count). The number of aromatic nitrogens is 1. The van der Waals surface area contributed by atoms with Gasteiger partial charge in [-0.3, -0.25) is 14.2 Å². The van der Waals surface area contributed by atoms with Crippen LogP contribution in [-0.4, -0.2) is 33.5 Å². The zero-order valence-corrected chi connectivity index (χ0v) is 14.0. The predicted octanol–water partition coefficient (Wildman–Crippen LogP) is 3.65. The average Bonchev–Trinajstić information content (AvgIpc) is 2.80. The molecule has 0 aliphatic rings. The minimum Gasteiger partial charge on any atom is -0.334 e. The molecule has 1 aromatic carbocycles. The van der Waals surface area contributed by atoms with Crippen molar-refractivity contribution in [2.75, 3.05) is 18.8 Å². The number of carbonyl (C=O) groups excluding carboxylic acids is 1. The highest BCUT2D eigenvalue weighted by Gasteiger charge is 2.10. The second kappa shape index (κ2) is 7.66. The van der Waals surface area contributed by atoms with Crippen LogP contribution in [0.4, 0.5) is 4.79 Å². The van der Waals surface area contributed by atoms with Crippen molar-refractivity contribution in [2.24, 2.45) is 0 Å². The molecule has 0 aliphatic heterocycles. The third-order valence-electron chi connectivity index (χ3n) is 3.35. The van der Waals surface area contributed by atoms with Crippen molar-refractivity contribution in [1.82, 2.24) is 9.47 Å². The molecule has 0 aliphatic carbocycles. The fraction of sp³-hybridized carbons (Fsp3) is 0.467. The highest BCUT2D eigenvalue weighted by molar-refractivity contribution is 8.13. The molecule has 1 aromatic heterocycles. The number of hydrogen-bond acceptors (Lipinski definition) is 4. The molecule has 0 spiro atoms. The van der Waals surface area contributed by atoms with E-state index in [2.05, 4.69) is 0 Å². The lowest BCUT2D eigenvalue weighted by Crippen LogP contribution is -2.27. The van der Waals surface area contributed by atoms with E-state index in [9.17, 15) is 9.59 Å². The molecule has 114 valence electrons. The predicted molar refractivity (Wildman–Crippen MR) is 91.5 cm³/mol. The van der Waals surface area contributed by atoms with E-state index < -0.39 is 0 Å². The fourth-order valence-electron chi connectivity index (χ4n) is 2.18. The van der Waals surface area contributed by atoms with Gasteiger partial charge in [0, 0.05) is 25.4 Å². The Bertz CT molecular complexity index is 659. The summed E-state index contributed by atoms with van der Waals surface area (Å²) in [5.41, 5.74) is 0.993. The number of rotatable bonds is 6. The van der Waals surface area contributed by atoms with Gasteiger partial charge in [-0.05, 0) is 32.4 Å². The Morgan fingerprint density at radius 1 is 1.29 bits per heavy atom. The van der Waals surface area contributed by atoms with E-state index >= 15 is 0 Å². The van der Waals surface area contributed by atoms with Crippen LogP contribution in [0.25, 0.3) is 10.2 Å². The van der Waals surface area contributed by atoms with E-state index in [1.165, 1.54) is 23.1 Å². The van der Waals surface area contributed by atoms with Gasteiger partial charge in [-0.15, -0.1) is 0 Å². The van der Waals surface area contributed by atoms with E-state index in [4.69, 9.17) is 0 Å². The number of nitrogens with zero attached hydrogens (tertiary/aromatic N) is 2. The molecular formula is C15H20N2O2S2. The molecular weight excluding hydrogens is 304 g/mol. The molecule has 0 N–H and O–H groups in total. The number of hydrogen-bond donors (Lipinski definition) is 0. The summed E-state index contributed by atoms with van der Waals surface area (Å²) in [5, 5.41) is 0.127. The van der Waals surface area contributed by atoms with Crippen LogP contribution < -0.4 is 4.87 Å². The summed E-state index contributed by atoms with van der Waals surface area (Å²) in [7, 11) is 0. The molecule has 1 heterocycles. The van der Waals surface area contributed by atoms with Gasteiger partial charge in [0.15, 0.2) is 0 Å². The summed E-state index contributed by atoms with van der Waals surface area (Å²) < 4.78 is 2.83. The van der Waals surface area contributed by atoms with Crippen LogP contribution in [0.2, 0.25) is 0 Å². The molecule has 0 unspecified atom stereocenters. The highest BCUT2D eigenvalue weighted by Crippen LogP contribution is 2.17. The van der Waals surface area contributed by atoms with Crippen molar-refractivity contribution in [3.8, 4) is 0 Å². The van der Waals surface area contributed by atoms with Crippen LogP contribution in [0.1, 0.15) is 20.3 Å². The second-order valence-corrected chi connectivity index (χ2v) is 6.67. The van der Waals surface area contributed by atoms with Crippen LogP contribution in [-0.2, 0) is 6.54 Å². The number of thioether (sulfide) groups is 1. The number of fused-ring (bicyclic) bond motifs is 1. The van der Waals surface area contributed by atoms with Crippen molar-refractivity contribution in [3.05, 3.63) is 33.9 Å². The number of amides is 1. The van der Waals surface area contributed by atoms with E-state index in [-0.39, 0.29) is 10.1 Å². The minimum atomic E-state index is 0.0799. The maximum atomic E-state index is 12.0. The SMILES string of the molecule is CCN(CC)C(=O)SCCCn1c(=O)sc2ccccc21. The van der Waals surface area contributed by atoms with E-state index in [1.54, 1.807) is 0 Å². The first-order valence-corrected chi connectivity index (χ1v) is 8.97. The van der Waals surface area contributed by atoms with E-state index in [0.29, 0.717) is 6.54 Å². The third kappa shape index (κ3) is 3.89. The number of thiazole rings is 1. The number of aryl methyl sites for hydroxylation is 1. The lowest BCUT2D eigenvalue weighted by molar-refractivity contribution is 0.228. The average molecular weight is 324 g/mol. The number of carbonyl (C=O) groups is 1. The topological polar surface area (TPSA) is 42.3 Å². The van der Waals surface area contributed by atoms with Crippen LogP contribution in [0, 0.1) is 0 Å². The van der Waals surface area contributed by atoms with Gasteiger partial charge in [-0.2, -0.15) is 0 Å². The van der Waals surface area contributed by atoms with Gasteiger partial charge in [0.1, 0.15) is 0 Å². The van der Waals surface area contributed by atoms with Gasteiger partial charge >= 0.3 is 4.87 Å². The second-order valence-electron chi connectivity index (χ2n) is 4.63. The Balaban J connectivity index is 1.90. The van der Waals surface area contributed by atoms with E-state index in [0.717, 1.165) is 35.5 Å². The van der Waals surface area contributed by atoms with Gasteiger partial charge in [0.25, 0.3) is 5.24 Å². The maximum Gasteiger partial charge on any atom is 0.308 e. The monoisotopic (exact) mass is 324 g/mol. The van der Waals surface area contributed by atoms with Crippen LogP contribution in [0.5, 0.6) is 0 Å². The lowest BCUT2D eigenvalue weighted by Gasteiger charge is -2.17. The molecule has 0 bridgehead atoms. The largest absolute Gasteiger partial charge is 0.334 e. The Kier molecular flexibility index (Phi) is 5.87. The molecule has 0 saturated carbocycles. The van der Waals surface area contributed by atoms with Crippen molar-refractivity contribution in [2.45, 2.75) is 26.8 Å². The Labute approximate surface area is 132 Å². The molecule has 4 nitrogen and oxygen atoms in total. The summed E-state index contributed by atoms with van der Waals surface area (Å²) in [5.74, 6) is 0.742. The van der Waals surface area contributed by atoms with Crippen molar-refractivity contribution >= 4 is 38.6 Å². The minimum absolute atomic E-state index is 0.0799. The molecule has 0 saturated heterocycles. The molecule has 0 radical (unpaired) electrons. The zero-order chi connectivity index (χ0) is 15.2. The smallest absolute Gasteiger partial charge is 0.308 e. The van der Waals surface area contributed by atoms with Gasteiger partial charge < -0.3 is 4.90 Å². The lowest BCUT2D eigenvalue weighted by atomic mass is 10.3. The third-order valence-corrected chi connectivity index (χ3v) is 5.31. The van der Waals surface area contributed by atoms with Gasteiger partial charge in [-0.1, -0.05) is 35.2 Å². The molecule has 6 heteroatoms. The quantitative estimate of drug-likeness (QED) is 0.762. The van der Waals surface area contributed by atoms with Crippen molar-refractivity contribution in [3.63, 3.8) is 0 Å². The standard InChI is InChI=1S/C15H20N2O2S2/c1-3-16(4-2)14(18)20-11-7-10-17-12-8-5-6-9-13(12)21-15(17)19/h5-6,8-9H,3-4,7,10-11H2,1-2H3. The number of para-hydroxylation sites is 1. The van der Waals surface area contributed by atoms with Crippen molar-refractivity contribution in [1.29, 1.82) is 0 Å². The van der Waals surface area contributed by atoms with Gasteiger partial charge in [-0.25, -0.2) is 0 Å². The van der Waals surface area contributed by atoms with Crippen molar-refractivity contribution < 1.29 is 4.79 Å². The summed E-state index contributed by atoms with van der Waals surface area (Å²) in [6.07, 6.45) is 0.818. The van der Waals surface area contributed by atoms with Crippen LogP contribution in [0.3, 0.4) is 0 Å². The highest BCUT2D eigenvalue weighted by atomic mass is 32.2. The van der Waals surface area contributed by atoms with Gasteiger partial charge in [0.05, 0.1) is 10.2 Å². The summed E-state index contributed by atoms with van der Waals surface area (Å²) in [6.45, 7) is 6.13. The van der Waals surface area contributed by atoms with Crippen LogP contribution >= 0.6 is 23.1 Å². The molecule has 0 fully saturated rings. The maximum absolute atomic E-state index is 12.0. The Hall–Kier alpha value is -1.27. The normalized spacial score (nSPS) is 11.0. The van der Waals surface area contributed by atoms with Crippen LogP contribution in [0.15, 0.2) is 29.1 Å². The fourth-order valence-corrected chi connectivity index (χ4v) is 3.99. The molecule has 2 aromatic rings.